The largest absolute Gasteiger partial charge is 0.377 e. The number of benzene rings is 1. The van der Waals surface area contributed by atoms with E-state index >= 15 is 0 Å². The minimum atomic E-state index is 0. The van der Waals surface area contributed by atoms with Gasteiger partial charge in [0.05, 0.1) is 12.6 Å². The number of hydrogen-bond donors (Lipinski definition) is 2. The first kappa shape index (κ1) is 22.3. The lowest BCUT2D eigenvalue weighted by Gasteiger charge is -2.63. The smallest absolute Gasteiger partial charge is 0.253 e. The monoisotopic (exact) mass is 512 g/mol. The Morgan fingerprint density at radius 1 is 1.28 bits per heavy atom. The van der Waals surface area contributed by atoms with Crippen LogP contribution in [0.15, 0.2) is 29.3 Å². The summed E-state index contributed by atoms with van der Waals surface area (Å²) >= 11 is 0. The molecule has 1 spiro atoms. The molecule has 0 radical (unpaired) electrons. The Balaban J connectivity index is 0.00000240. The molecule has 2 N–H and O–H groups in total. The number of carbonyl (C=O) groups is 1. The second-order valence-electron chi connectivity index (χ2n) is 8.54. The molecule has 1 aliphatic heterocycles. The minimum Gasteiger partial charge on any atom is -0.377 e. The van der Waals surface area contributed by atoms with Gasteiger partial charge in [-0.15, -0.1) is 24.0 Å². The number of nitrogens with zero attached hydrogens (tertiary/aromatic N) is 2. The average molecular weight is 512 g/mol. The molecule has 3 atom stereocenters. The second kappa shape index (κ2) is 9.20. The van der Waals surface area contributed by atoms with Crippen LogP contribution >= 0.6 is 24.0 Å². The Labute approximate surface area is 190 Å². The van der Waals surface area contributed by atoms with Crippen LogP contribution in [0.3, 0.4) is 0 Å². The molecular formula is C22H33IN4O2. The Bertz CT molecular complexity index is 746. The zero-order valence-corrected chi connectivity index (χ0v) is 19.9. The minimum absolute atomic E-state index is 0. The van der Waals surface area contributed by atoms with Crippen LogP contribution in [0.2, 0.25) is 0 Å². The maximum atomic E-state index is 12.0. The molecule has 1 heterocycles. The van der Waals surface area contributed by atoms with Crippen molar-refractivity contribution in [3.63, 3.8) is 0 Å². The Morgan fingerprint density at radius 2 is 2.00 bits per heavy atom. The molecule has 0 bridgehead atoms. The van der Waals surface area contributed by atoms with Crippen molar-refractivity contribution in [3.05, 3.63) is 35.4 Å². The number of guanidine groups is 1. The van der Waals surface area contributed by atoms with E-state index in [1.807, 2.05) is 24.3 Å². The summed E-state index contributed by atoms with van der Waals surface area (Å²) in [7, 11) is 3.54. The number of rotatable bonds is 5. The molecule has 0 aromatic heterocycles. The Kier molecular flexibility index (Phi) is 7.09. The maximum absolute atomic E-state index is 12.0. The van der Waals surface area contributed by atoms with E-state index in [1.54, 1.807) is 19.0 Å². The summed E-state index contributed by atoms with van der Waals surface area (Å²) in [6, 6.07) is 8.21. The molecule has 1 amide bonds. The van der Waals surface area contributed by atoms with Gasteiger partial charge in [-0.05, 0) is 43.9 Å². The highest BCUT2D eigenvalue weighted by Gasteiger charge is 2.66. The summed E-state index contributed by atoms with van der Waals surface area (Å²) in [6.45, 7) is 4.43. The second-order valence-corrected chi connectivity index (χ2v) is 8.54. The van der Waals surface area contributed by atoms with E-state index in [1.165, 1.54) is 19.3 Å². The molecule has 3 aliphatic rings. The number of hydrogen-bond acceptors (Lipinski definition) is 3. The summed E-state index contributed by atoms with van der Waals surface area (Å²) in [4.78, 5) is 18.4. The maximum Gasteiger partial charge on any atom is 0.253 e. The van der Waals surface area contributed by atoms with Crippen molar-refractivity contribution in [2.24, 2.45) is 16.3 Å². The number of halogens is 1. The van der Waals surface area contributed by atoms with Crippen molar-refractivity contribution in [2.45, 2.75) is 51.3 Å². The van der Waals surface area contributed by atoms with E-state index in [2.05, 4.69) is 17.6 Å². The van der Waals surface area contributed by atoms with Gasteiger partial charge in [-0.25, -0.2) is 4.99 Å². The number of amides is 1. The van der Waals surface area contributed by atoms with E-state index in [4.69, 9.17) is 9.73 Å². The van der Waals surface area contributed by atoms with Crippen LogP contribution in [0.5, 0.6) is 0 Å². The Morgan fingerprint density at radius 3 is 2.59 bits per heavy atom. The fourth-order valence-corrected chi connectivity index (χ4v) is 5.10. The van der Waals surface area contributed by atoms with Crippen molar-refractivity contribution in [1.29, 1.82) is 0 Å². The third-order valence-electron chi connectivity index (χ3n) is 6.70. The highest BCUT2D eigenvalue weighted by molar-refractivity contribution is 14.0. The first-order chi connectivity index (χ1) is 13.5. The molecule has 1 saturated heterocycles. The van der Waals surface area contributed by atoms with Crippen molar-refractivity contribution >= 4 is 35.8 Å². The summed E-state index contributed by atoms with van der Waals surface area (Å²) in [5.74, 6) is 1.53. The van der Waals surface area contributed by atoms with Crippen LogP contribution < -0.4 is 10.6 Å². The van der Waals surface area contributed by atoms with Crippen LogP contribution in [-0.4, -0.2) is 56.2 Å². The van der Waals surface area contributed by atoms with E-state index in [0.717, 1.165) is 31.1 Å². The lowest BCUT2D eigenvalue weighted by Crippen LogP contribution is -2.72. The fourth-order valence-electron chi connectivity index (χ4n) is 5.10. The van der Waals surface area contributed by atoms with E-state index < -0.39 is 0 Å². The molecular weight excluding hydrogens is 479 g/mol. The first-order valence-electron chi connectivity index (χ1n) is 10.5. The van der Waals surface area contributed by atoms with Gasteiger partial charge in [0.25, 0.3) is 5.91 Å². The van der Waals surface area contributed by atoms with Gasteiger partial charge < -0.3 is 20.3 Å². The fraction of sp³-hybridized carbons (Fsp3) is 0.636. The summed E-state index contributed by atoms with van der Waals surface area (Å²) in [5, 5.41) is 7.13. The average Bonchev–Trinajstić information content (AvgIpc) is 3.07. The molecule has 7 heteroatoms. The predicted octanol–water partition coefficient (Wildman–Crippen LogP) is 3.02. The van der Waals surface area contributed by atoms with Crippen LogP contribution in [0.25, 0.3) is 0 Å². The predicted molar refractivity (Wildman–Crippen MR) is 126 cm³/mol. The third-order valence-corrected chi connectivity index (χ3v) is 6.70. The van der Waals surface area contributed by atoms with Crippen LogP contribution in [-0.2, 0) is 11.3 Å². The van der Waals surface area contributed by atoms with Gasteiger partial charge in [0.2, 0.25) is 0 Å². The van der Waals surface area contributed by atoms with E-state index in [-0.39, 0.29) is 29.9 Å². The number of fused-ring (bicyclic) bond motifs is 2. The van der Waals surface area contributed by atoms with Gasteiger partial charge >= 0.3 is 0 Å². The standard InChI is InChI=1S/C22H32N4O2.HI/c1-4-23-21(24-14-15-6-8-16(9-7-15)20(27)26(2)3)25-18-17-10-13-28-19(17)22(18)11-5-12-22;/h6-9,17-19H,4-5,10-14H2,1-3H3,(H2,23,24,25);1H. The van der Waals surface area contributed by atoms with Crippen molar-refractivity contribution in [1.82, 2.24) is 15.5 Å². The van der Waals surface area contributed by atoms with Gasteiger partial charge in [-0.2, -0.15) is 0 Å². The third kappa shape index (κ3) is 4.13. The first-order valence-corrected chi connectivity index (χ1v) is 10.5. The van der Waals surface area contributed by atoms with Gasteiger partial charge in [-0.1, -0.05) is 18.6 Å². The lowest BCUT2D eigenvalue weighted by atomic mass is 9.46. The molecule has 3 unspecified atom stereocenters. The zero-order valence-electron chi connectivity index (χ0n) is 17.6. The SMILES string of the molecule is CCNC(=NCc1ccc(C(=O)N(C)C)cc1)NC1C2CCOC2C12CCC2.I. The highest BCUT2D eigenvalue weighted by atomic mass is 127. The zero-order chi connectivity index (χ0) is 19.7. The molecule has 160 valence electrons. The van der Waals surface area contributed by atoms with Crippen molar-refractivity contribution in [3.8, 4) is 0 Å². The summed E-state index contributed by atoms with van der Waals surface area (Å²) in [6.07, 6.45) is 5.48. The molecule has 1 aromatic carbocycles. The van der Waals surface area contributed by atoms with Gasteiger partial charge in [0.1, 0.15) is 0 Å². The Hall–Kier alpha value is -1.35. The quantitative estimate of drug-likeness (QED) is 0.362. The topological polar surface area (TPSA) is 66.0 Å². The number of carbonyl (C=O) groups excluding carboxylic acids is 1. The summed E-state index contributed by atoms with van der Waals surface area (Å²) in [5.41, 5.74) is 2.14. The summed E-state index contributed by atoms with van der Waals surface area (Å²) < 4.78 is 6.03. The highest BCUT2D eigenvalue weighted by Crippen LogP contribution is 2.62. The molecule has 2 aliphatic carbocycles. The molecule has 4 rings (SSSR count). The molecule has 3 fully saturated rings. The molecule has 2 saturated carbocycles. The number of nitrogens with one attached hydrogen (secondary N) is 2. The van der Waals surface area contributed by atoms with Crippen LogP contribution in [0.4, 0.5) is 0 Å². The van der Waals surface area contributed by atoms with Crippen molar-refractivity contribution < 1.29 is 9.53 Å². The normalized spacial score (nSPS) is 26.6. The van der Waals surface area contributed by atoms with Gasteiger partial charge in [0.15, 0.2) is 5.96 Å². The van der Waals surface area contributed by atoms with Gasteiger partial charge in [0, 0.05) is 50.2 Å². The lowest BCUT2D eigenvalue weighted by molar-refractivity contribution is -0.171. The van der Waals surface area contributed by atoms with Gasteiger partial charge in [-0.3, -0.25) is 4.79 Å². The van der Waals surface area contributed by atoms with E-state index in [9.17, 15) is 4.79 Å². The number of aliphatic imine (C=N–C) groups is 1. The molecule has 6 nitrogen and oxygen atoms in total. The van der Waals surface area contributed by atoms with Crippen molar-refractivity contribution in [2.75, 3.05) is 27.2 Å². The van der Waals surface area contributed by atoms with E-state index in [0.29, 0.717) is 35.6 Å². The number of ether oxygens (including phenoxy) is 1. The molecule has 1 aromatic rings. The molecule has 29 heavy (non-hydrogen) atoms. The van der Waals surface area contributed by atoms with Crippen LogP contribution in [0, 0.1) is 11.3 Å². The van der Waals surface area contributed by atoms with Crippen LogP contribution in [0.1, 0.15) is 48.5 Å².